The maximum atomic E-state index is 12.8. The summed E-state index contributed by atoms with van der Waals surface area (Å²) in [7, 11) is 0. The van der Waals surface area contributed by atoms with Crippen molar-refractivity contribution in [3.63, 3.8) is 0 Å². The summed E-state index contributed by atoms with van der Waals surface area (Å²) >= 11 is 1.03. The molecule has 1 aromatic carbocycles. The number of pyridine rings is 1. The zero-order valence-electron chi connectivity index (χ0n) is 17.6. The Morgan fingerprint density at radius 2 is 1.71 bits per heavy atom. The predicted molar refractivity (Wildman–Crippen MR) is 120 cm³/mol. The highest BCUT2D eigenvalue weighted by Gasteiger charge is 2.31. The Bertz CT molecular complexity index is 1130. The Morgan fingerprint density at radius 3 is 2.35 bits per heavy atom. The molecule has 13 heteroatoms. The SMILES string of the molecule is O=C(Nc1ccc(OC(F)(F)F)cc1)Nc1ncc(C(=O)N2CCN(c3ccccn3)CC2)s1. The van der Waals surface area contributed by atoms with E-state index in [1.807, 2.05) is 18.2 Å². The maximum absolute atomic E-state index is 12.8. The molecule has 9 nitrogen and oxygen atoms in total. The summed E-state index contributed by atoms with van der Waals surface area (Å²) < 4.78 is 40.4. The first-order valence-electron chi connectivity index (χ1n) is 10.1. The molecule has 1 saturated heterocycles. The molecule has 0 unspecified atom stereocenters. The monoisotopic (exact) mass is 492 g/mol. The average molecular weight is 492 g/mol. The van der Waals surface area contributed by atoms with Crippen molar-refractivity contribution in [2.75, 3.05) is 41.7 Å². The average Bonchev–Trinajstić information content (AvgIpc) is 3.28. The van der Waals surface area contributed by atoms with Gasteiger partial charge in [-0.2, -0.15) is 0 Å². The summed E-state index contributed by atoms with van der Waals surface area (Å²) in [6.07, 6.45) is -1.66. The molecule has 3 amide bonds. The van der Waals surface area contributed by atoms with E-state index in [1.54, 1.807) is 11.1 Å². The fourth-order valence-corrected chi connectivity index (χ4v) is 4.04. The minimum absolute atomic E-state index is 0.174. The van der Waals surface area contributed by atoms with E-state index in [-0.39, 0.29) is 16.7 Å². The molecule has 0 atom stereocenters. The van der Waals surface area contributed by atoms with Gasteiger partial charge < -0.3 is 19.9 Å². The van der Waals surface area contributed by atoms with E-state index in [9.17, 15) is 22.8 Å². The second-order valence-corrected chi connectivity index (χ2v) is 8.18. The molecule has 4 rings (SSSR count). The van der Waals surface area contributed by atoms with Gasteiger partial charge in [0.1, 0.15) is 16.4 Å². The number of carbonyl (C=O) groups is 2. The van der Waals surface area contributed by atoms with Crippen molar-refractivity contribution in [2.45, 2.75) is 6.36 Å². The number of aromatic nitrogens is 2. The van der Waals surface area contributed by atoms with Crippen molar-refractivity contribution in [2.24, 2.45) is 0 Å². The third-order valence-electron chi connectivity index (χ3n) is 4.82. The van der Waals surface area contributed by atoms with Crippen LogP contribution in [0.2, 0.25) is 0 Å². The van der Waals surface area contributed by atoms with Crippen LogP contribution >= 0.6 is 11.3 Å². The number of nitrogens with one attached hydrogen (secondary N) is 2. The van der Waals surface area contributed by atoms with Crippen molar-refractivity contribution in [1.29, 1.82) is 0 Å². The number of carbonyl (C=O) groups excluding carboxylic acids is 2. The van der Waals surface area contributed by atoms with Gasteiger partial charge in [-0.3, -0.25) is 10.1 Å². The number of anilines is 3. The van der Waals surface area contributed by atoms with Gasteiger partial charge >= 0.3 is 12.4 Å². The smallest absolute Gasteiger partial charge is 0.406 e. The summed E-state index contributed by atoms with van der Waals surface area (Å²) in [4.78, 5) is 37.6. The quantitative estimate of drug-likeness (QED) is 0.558. The molecule has 3 heterocycles. The molecule has 0 spiro atoms. The summed E-state index contributed by atoms with van der Waals surface area (Å²) in [5, 5.41) is 5.20. The predicted octanol–water partition coefficient (Wildman–Crippen LogP) is 4.04. The molecular formula is C21H19F3N6O3S. The number of amides is 3. The van der Waals surface area contributed by atoms with Gasteiger partial charge in [-0.15, -0.1) is 13.2 Å². The molecule has 0 aliphatic carbocycles. The lowest BCUT2D eigenvalue weighted by Crippen LogP contribution is -2.48. The zero-order valence-corrected chi connectivity index (χ0v) is 18.4. The number of piperazine rings is 1. The number of benzene rings is 1. The van der Waals surface area contributed by atoms with E-state index in [4.69, 9.17) is 0 Å². The fourth-order valence-electron chi connectivity index (χ4n) is 3.27. The van der Waals surface area contributed by atoms with E-state index < -0.39 is 18.1 Å². The highest BCUT2D eigenvalue weighted by atomic mass is 32.1. The fraction of sp³-hybridized carbons (Fsp3) is 0.238. The first-order chi connectivity index (χ1) is 16.3. The van der Waals surface area contributed by atoms with Crippen LogP contribution in [0.3, 0.4) is 0 Å². The number of thiazole rings is 1. The van der Waals surface area contributed by atoms with E-state index in [0.717, 1.165) is 29.3 Å². The minimum atomic E-state index is -4.79. The first kappa shape index (κ1) is 23.3. The molecule has 0 saturated carbocycles. The first-order valence-corrected chi connectivity index (χ1v) is 10.9. The number of nitrogens with zero attached hydrogens (tertiary/aromatic N) is 4. The van der Waals surface area contributed by atoms with Crippen LogP contribution in [0, 0.1) is 0 Å². The van der Waals surface area contributed by atoms with Crippen LogP contribution in [0.5, 0.6) is 5.75 Å². The number of rotatable bonds is 5. The molecule has 1 fully saturated rings. The van der Waals surface area contributed by atoms with Crippen LogP contribution in [0.4, 0.5) is 34.6 Å². The number of hydrogen-bond acceptors (Lipinski definition) is 7. The van der Waals surface area contributed by atoms with Gasteiger partial charge in [0.15, 0.2) is 5.13 Å². The van der Waals surface area contributed by atoms with E-state index in [0.29, 0.717) is 31.1 Å². The van der Waals surface area contributed by atoms with Crippen molar-refractivity contribution < 1.29 is 27.5 Å². The van der Waals surface area contributed by atoms with Crippen molar-refractivity contribution >= 4 is 39.9 Å². The molecular weight excluding hydrogens is 473 g/mol. The van der Waals surface area contributed by atoms with Gasteiger partial charge in [0.25, 0.3) is 5.91 Å². The lowest BCUT2D eigenvalue weighted by Gasteiger charge is -2.35. The molecule has 2 aromatic heterocycles. The summed E-state index contributed by atoms with van der Waals surface area (Å²) in [6.45, 7) is 2.37. The lowest BCUT2D eigenvalue weighted by molar-refractivity contribution is -0.274. The number of halogens is 3. The number of alkyl halides is 3. The third-order valence-corrected chi connectivity index (χ3v) is 5.72. The minimum Gasteiger partial charge on any atom is -0.406 e. The third kappa shape index (κ3) is 6.13. The van der Waals surface area contributed by atoms with Gasteiger partial charge in [0, 0.05) is 38.1 Å². The van der Waals surface area contributed by atoms with Crippen LogP contribution in [-0.2, 0) is 0 Å². The number of urea groups is 1. The largest absolute Gasteiger partial charge is 0.573 e. The second-order valence-electron chi connectivity index (χ2n) is 7.15. The highest BCUT2D eigenvalue weighted by molar-refractivity contribution is 7.17. The van der Waals surface area contributed by atoms with Crippen molar-refractivity contribution in [3.8, 4) is 5.75 Å². The summed E-state index contributed by atoms with van der Waals surface area (Å²) in [5.41, 5.74) is 0.255. The number of ether oxygens (including phenoxy) is 1. The molecule has 0 radical (unpaired) electrons. The Balaban J connectivity index is 1.27. The zero-order chi connectivity index (χ0) is 24.1. The van der Waals surface area contributed by atoms with Gasteiger partial charge in [0.05, 0.1) is 6.20 Å². The number of hydrogen-bond donors (Lipinski definition) is 2. The maximum Gasteiger partial charge on any atom is 0.573 e. The second kappa shape index (κ2) is 9.95. The van der Waals surface area contributed by atoms with Gasteiger partial charge in [-0.1, -0.05) is 17.4 Å². The molecule has 2 N–H and O–H groups in total. The van der Waals surface area contributed by atoms with Gasteiger partial charge in [0.2, 0.25) is 0 Å². The van der Waals surface area contributed by atoms with Gasteiger partial charge in [-0.25, -0.2) is 14.8 Å². The lowest BCUT2D eigenvalue weighted by atomic mass is 10.3. The van der Waals surface area contributed by atoms with Crippen molar-refractivity contribution in [3.05, 3.63) is 59.7 Å². The normalized spacial score (nSPS) is 14.0. The Labute approximate surface area is 196 Å². The highest BCUT2D eigenvalue weighted by Crippen LogP contribution is 2.25. The summed E-state index contributed by atoms with van der Waals surface area (Å²) in [6, 6.07) is 9.73. The molecule has 178 valence electrons. The van der Waals surface area contributed by atoms with Gasteiger partial charge in [-0.05, 0) is 36.4 Å². The summed E-state index contributed by atoms with van der Waals surface area (Å²) in [5.74, 6) is 0.293. The van der Waals surface area contributed by atoms with Crippen LogP contribution in [-0.4, -0.2) is 59.3 Å². The molecule has 1 aliphatic rings. The van der Waals surface area contributed by atoms with Crippen LogP contribution < -0.4 is 20.3 Å². The van der Waals surface area contributed by atoms with Crippen LogP contribution in [0.15, 0.2) is 54.9 Å². The topological polar surface area (TPSA) is 99.7 Å². The Kier molecular flexibility index (Phi) is 6.82. The van der Waals surface area contributed by atoms with E-state index in [2.05, 4.69) is 30.2 Å². The molecule has 0 bridgehead atoms. The Morgan fingerprint density at radius 1 is 0.971 bits per heavy atom. The molecule has 1 aliphatic heterocycles. The van der Waals surface area contributed by atoms with Crippen molar-refractivity contribution in [1.82, 2.24) is 14.9 Å². The van der Waals surface area contributed by atoms with Crippen LogP contribution in [0.25, 0.3) is 0 Å². The van der Waals surface area contributed by atoms with E-state index in [1.165, 1.54) is 18.3 Å². The van der Waals surface area contributed by atoms with Crippen LogP contribution in [0.1, 0.15) is 9.67 Å². The van der Waals surface area contributed by atoms with E-state index >= 15 is 0 Å². The molecule has 3 aromatic rings. The molecule has 34 heavy (non-hydrogen) atoms. The standard InChI is InChI=1S/C21H19F3N6O3S/c22-21(23,24)33-15-6-4-14(5-7-15)27-19(32)28-20-26-13-16(34-20)18(31)30-11-9-29(10-12-30)17-3-1-2-8-25-17/h1-8,13H,9-12H2,(H2,26,27,28,32). The Hall–Kier alpha value is -3.87.